The lowest BCUT2D eigenvalue weighted by molar-refractivity contribution is 0.180. The van der Waals surface area contributed by atoms with Crippen LogP contribution in [0.2, 0.25) is 10.0 Å². The van der Waals surface area contributed by atoms with E-state index in [1.807, 2.05) is 13.1 Å². The minimum Gasteiger partial charge on any atom is -0.489 e. The fraction of sp³-hybridized carbons (Fsp3) is 0.538. The van der Waals surface area contributed by atoms with Crippen LogP contribution in [-0.2, 0) is 0 Å². The monoisotopic (exact) mass is 275 g/mol. The Morgan fingerprint density at radius 3 is 2.65 bits per heavy atom. The lowest BCUT2D eigenvalue weighted by Crippen LogP contribution is -2.22. The van der Waals surface area contributed by atoms with Crippen LogP contribution in [0.15, 0.2) is 18.2 Å². The molecular formula is C13H19Cl2NO. The maximum atomic E-state index is 6.08. The van der Waals surface area contributed by atoms with Crippen LogP contribution in [-0.4, -0.2) is 19.7 Å². The smallest absolute Gasteiger partial charge is 0.138 e. The number of hydrogen-bond donors (Lipinski definition) is 1. The van der Waals surface area contributed by atoms with Gasteiger partial charge < -0.3 is 10.1 Å². The van der Waals surface area contributed by atoms with Gasteiger partial charge in [0.1, 0.15) is 5.75 Å². The van der Waals surface area contributed by atoms with Crippen molar-refractivity contribution in [2.24, 2.45) is 0 Å². The van der Waals surface area contributed by atoms with Crippen LogP contribution in [0.25, 0.3) is 0 Å². The summed E-state index contributed by atoms with van der Waals surface area (Å²) >= 11 is 11.9. The Balaban J connectivity index is 2.64. The summed E-state index contributed by atoms with van der Waals surface area (Å²) in [4.78, 5) is 0. The highest BCUT2D eigenvalue weighted by Gasteiger charge is 2.11. The van der Waals surface area contributed by atoms with E-state index < -0.39 is 0 Å². The Bertz CT molecular complexity index is 344. The number of nitrogens with one attached hydrogen (secondary N) is 1. The molecule has 0 aliphatic carbocycles. The Hall–Kier alpha value is -0.440. The maximum absolute atomic E-state index is 6.08. The van der Waals surface area contributed by atoms with Crippen LogP contribution in [0.3, 0.4) is 0 Å². The van der Waals surface area contributed by atoms with E-state index >= 15 is 0 Å². The number of halogens is 2. The molecule has 0 heterocycles. The van der Waals surface area contributed by atoms with E-state index in [4.69, 9.17) is 27.9 Å². The van der Waals surface area contributed by atoms with Gasteiger partial charge >= 0.3 is 0 Å². The van der Waals surface area contributed by atoms with E-state index in [0.29, 0.717) is 15.8 Å². The van der Waals surface area contributed by atoms with E-state index in [-0.39, 0.29) is 6.10 Å². The highest BCUT2D eigenvalue weighted by atomic mass is 35.5. The van der Waals surface area contributed by atoms with Gasteiger partial charge in [0.05, 0.1) is 11.1 Å². The van der Waals surface area contributed by atoms with Crippen molar-refractivity contribution in [3.8, 4) is 5.75 Å². The lowest BCUT2D eigenvalue weighted by atomic mass is 10.1. The summed E-state index contributed by atoms with van der Waals surface area (Å²) in [6, 6.07) is 5.33. The van der Waals surface area contributed by atoms with Crippen molar-refractivity contribution in [2.45, 2.75) is 32.3 Å². The number of benzene rings is 1. The van der Waals surface area contributed by atoms with Crippen LogP contribution < -0.4 is 10.1 Å². The van der Waals surface area contributed by atoms with Crippen molar-refractivity contribution < 1.29 is 4.74 Å². The van der Waals surface area contributed by atoms with Gasteiger partial charge in [0, 0.05) is 5.02 Å². The molecule has 0 spiro atoms. The molecule has 0 aliphatic rings. The standard InChI is InChI=1S/C13H19Cl2NO/c1-3-4-11(7-8-16-2)17-13-6-5-10(14)9-12(13)15/h5-6,9,11,16H,3-4,7-8H2,1-2H3. The third-order valence-electron chi connectivity index (χ3n) is 2.51. The van der Waals surface area contributed by atoms with E-state index in [9.17, 15) is 0 Å². The number of rotatable bonds is 7. The van der Waals surface area contributed by atoms with Crippen LogP contribution in [0.4, 0.5) is 0 Å². The third kappa shape index (κ3) is 5.15. The first kappa shape index (κ1) is 14.6. The van der Waals surface area contributed by atoms with Gasteiger partial charge in [-0.2, -0.15) is 0 Å². The molecule has 1 unspecified atom stereocenters. The summed E-state index contributed by atoms with van der Waals surface area (Å²) in [5.74, 6) is 0.714. The van der Waals surface area contributed by atoms with Crippen LogP contribution in [0.5, 0.6) is 5.75 Å². The summed E-state index contributed by atoms with van der Waals surface area (Å²) in [6.45, 7) is 3.09. The van der Waals surface area contributed by atoms with E-state index in [0.717, 1.165) is 25.8 Å². The SMILES string of the molecule is CCCC(CCNC)Oc1ccc(Cl)cc1Cl. The molecule has 0 saturated carbocycles. The van der Waals surface area contributed by atoms with Gasteiger partial charge in [-0.25, -0.2) is 0 Å². The molecule has 1 aromatic rings. The molecule has 0 bridgehead atoms. The molecule has 96 valence electrons. The lowest BCUT2D eigenvalue weighted by Gasteiger charge is -2.19. The molecular weight excluding hydrogens is 257 g/mol. The van der Waals surface area contributed by atoms with Gasteiger partial charge in [-0.1, -0.05) is 36.5 Å². The Morgan fingerprint density at radius 2 is 2.06 bits per heavy atom. The summed E-state index contributed by atoms with van der Waals surface area (Å²) in [5, 5.41) is 4.33. The molecule has 1 aromatic carbocycles. The summed E-state index contributed by atoms with van der Waals surface area (Å²) in [5.41, 5.74) is 0. The zero-order chi connectivity index (χ0) is 12.7. The molecule has 1 rings (SSSR count). The van der Waals surface area contributed by atoms with Gasteiger partial charge in [-0.15, -0.1) is 0 Å². The fourth-order valence-electron chi connectivity index (χ4n) is 1.64. The molecule has 0 radical (unpaired) electrons. The summed E-state index contributed by atoms with van der Waals surface area (Å²) in [7, 11) is 1.94. The maximum Gasteiger partial charge on any atom is 0.138 e. The molecule has 2 nitrogen and oxygen atoms in total. The van der Waals surface area contributed by atoms with Gasteiger partial charge in [0.15, 0.2) is 0 Å². The van der Waals surface area contributed by atoms with Crippen molar-refractivity contribution in [1.29, 1.82) is 0 Å². The Labute approximate surface area is 113 Å². The second kappa shape index (κ2) is 7.80. The third-order valence-corrected chi connectivity index (χ3v) is 3.04. The molecule has 0 aliphatic heterocycles. The Kier molecular flexibility index (Phi) is 6.71. The van der Waals surface area contributed by atoms with Crippen LogP contribution in [0, 0.1) is 0 Å². The molecule has 17 heavy (non-hydrogen) atoms. The predicted molar refractivity (Wildman–Crippen MR) is 74.3 cm³/mol. The van der Waals surface area contributed by atoms with Crippen molar-refractivity contribution in [3.63, 3.8) is 0 Å². The minimum atomic E-state index is 0.200. The first-order chi connectivity index (χ1) is 8.17. The van der Waals surface area contributed by atoms with Crippen LogP contribution >= 0.6 is 23.2 Å². The normalized spacial score (nSPS) is 12.5. The second-order valence-corrected chi connectivity index (χ2v) is 4.84. The molecule has 0 aromatic heterocycles. The first-order valence-corrected chi connectivity index (χ1v) is 6.69. The van der Waals surface area contributed by atoms with E-state index in [1.165, 1.54) is 0 Å². The van der Waals surface area contributed by atoms with Gasteiger partial charge in [0.2, 0.25) is 0 Å². The molecule has 0 amide bonds. The summed E-state index contributed by atoms with van der Waals surface area (Å²) in [6.07, 6.45) is 3.30. The Morgan fingerprint density at radius 1 is 1.29 bits per heavy atom. The van der Waals surface area contributed by atoms with E-state index in [1.54, 1.807) is 12.1 Å². The van der Waals surface area contributed by atoms with Crippen molar-refractivity contribution >= 4 is 23.2 Å². The van der Waals surface area contributed by atoms with E-state index in [2.05, 4.69) is 12.2 Å². The molecule has 1 N–H and O–H groups in total. The average molecular weight is 276 g/mol. The minimum absolute atomic E-state index is 0.200. The van der Waals surface area contributed by atoms with Gasteiger partial charge in [-0.3, -0.25) is 0 Å². The van der Waals surface area contributed by atoms with Gasteiger partial charge in [-0.05, 0) is 44.6 Å². The number of ether oxygens (including phenoxy) is 1. The quantitative estimate of drug-likeness (QED) is 0.807. The van der Waals surface area contributed by atoms with Crippen LogP contribution in [0.1, 0.15) is 26.2 Å². The highest BCUT2D eigenvalue weighted by Crippen LogP contribution is 2.29. The largest absolute Gasteiger partial charge is 0.489 e. The molecule has 0 saturated heterocycles. The van der Waals surface area contributed by atoms with Crippen molar-refractivity contribution in [2.75, 3.05) is 13.6 Å². The molecule has 4 heteroatoms. The van der Waals surface area contributed by atoms with Gasteiger partial charge in [0.25, 0.3) is 0 Å². The fourth-order valence-corrected chi connectivity index (χ4v) is 2.09. The summed E-state index contributed by atoms with van der Waals surface area (Å²) < 4.78 is 5.91. The molecule has 0 fully saturated rings. The second-order valence-electron chi connectivity index (χ2n) is 4.00. The number of hydrogen-bond acceptors (Lipinski definition) is 2. The molecule has 1 atom stereocenters. The average Bonchev–Trinajstić information content (AvgIpc) is 2.29. The zero-order valence-electron chi connectivity index (χ0n) is 10.3. The predicted octanol–water partition coefficient (Wildman–Crippen LogP) is 4.15. The zero-order valence-corrected chi connectivity index (χ0v) is 11.8. The highest BCUT2D eigenvalue weighted by molar-refractivity contribution is 6.35. The topological polar surface area (TPSA) is 21.3 Å². The van der Waals surface area contributed by atoms with Crippen molar-refractivity contribution in [1.82, 2.24) is 5.32 Å². The first-order valence-electron chi connectivity index (χ1n) is 5.93. The van der Waals surface area contributed by atoms with Crippen molar-refractivity contribution in [3.05, 3.63) is 28.2 Å².